The van der Waals surface area contributed by atoms with Gasteiger partial charge >= 0.3 is 0 Å². The predicted molar refractivity (Wildman–Crippen MR) is 263 cm³/mol. The van der Waals surface area contributed by atoms with Gasteiger partial charge in [-0.05, 0) is 94.5 Å². The second-order valence-corrected chi connectivity index (χ2v) is 21.9. The van der Waals surface area contributed by atoms with E-state index in [1.54, 1.807) is 18.3 Å². The van der Waals surface area contributed by atoms with E-state index in [2.05, 4.69) is 134 Å². The number of nitriles is 1. The van der Waals surface area contributed by atoms with Crippen molar-refractivity contribution in [3.8, 4) is 23.3 Å². The highest BCUT2D eigenvalue weighted by molar-refractivity contribution is 5.84. The van der Waals surface area contributed by atoms with Crippen LogP contribution < -0.4 is 9.47 Å². The first kappa shape index (κ1) is 52.5. The van der Waals surface area contributed by atoms with Crippen LogP contribution >= 0.6 is 0 Å². The molecule has 3 rings (SSSR count). The third kappa shape index (κ3) is 14.1. The Hall–Kier alpha value is -3.82. The van der Waals surface area contributed by atoms with Crippen LogP contribution in [0.25, 0.3) is 0 Å². The molecule has 344 valence electrons. The van der Waals surface area contributed by atoms with E-state index in [0.717, 1.165) is 70.6 Å². The van der Waals surface area contributed by atoms with Crippen molar-refractivity contribution in [2.45, 2.75) is 221 Å². The monoisotopic (exact) mass is 851 g/mol. The molecule has 6 nitrogen and oxygen atoms in total. The van der Waals surface area contributed by atoms with Crippen LogP contribution in [0.15, 0.2) is 47.5 Å². The van der Waals surface area contributed by atoms with Crippen molar-refractivity contribution >= 4 is 6.21 Å². The Morgan fingerprint density at radius 2 is 0.952 bits per heavy atom. The molecule has 62 heavy (non-hydrogen) atoms. The molecular weight excluding hydrogens is 765 g/mol. The maximum absolute atomic E-state index is 14.1. The number of nitrogens with zero attached hydrogens (tertiary/aromatic N) is 2. The van der Waals surface area contributed by atoms with Crippen LogP contribution in [0, 0.1) is 11.3 Å². The number of benzene rings is 3. The van der Waals surface area contributed by atoms with Crippen LogP contribution in [-0.4, -0.2) is 35.7 Å². The minimum absolute atomic E-state index is 0.0277. The molecule has 0 bridgehead atoms. The van der Waals surface area contributed by atoms with Crippen LogP contribution in [0.1, 0.15) is 232 Å². The van der Waals surface area contributed by atoms with Crippen molar-refractivity contribution in [3.63, 3.8) is 0 Å². The van der Waals surface area contributed by atoms with E-state index in [1.807, 2.05) is 0 Å². The Morgan fingerprint density at radius 3 is 1.29 bits per heavy atom. The summed E-state index contributed by atoms with van der Waals surface area (Å²) >= 11 is 0. The molecule has 3 aromatic carbocycles. The van der Waals surface area contributed by atoms with Gasteiger partial charge in [-0.15, -0.1) is 0 Å². The summed E-state index contributed by atoms with van der Waals surface area (Å²) < 4.78 is 13.7. The second-order valence-electron chi connectivity index (χ2n) is 21.9. The van der Waals surface area contributed by atoms with Gasteiger partial charge in [-0.2, -0.15) is 5.26 Å². The normalized spacial score (nSPS) is 13.4. The highest BCUT2D eigenvalue weighted by atomic mass is 16.5. The lowest BCUT2D eigenvalue weighted by Crippen LogP contribution is -2.41. The molecule has 0 aliphatic heterocycles. The first-order chi connectivity index (χ1) is 28.9. The Labute approximate surface area is 379 Å². The first-order valence-corrected chi connectivity index (χ1v) is 24.1. The number of phenols is 1. The Morgan fingerprint density at radius 1 is 0.581 bits per heavy atom. The lowest BCUT2D eigenvalue weighted by Gasteiger charge is -2.40. The molecule has 0 fully saturated rings. The van der Waals surface area contributed by atoms with Crippen LogP contribution in [0.5, 0.6) is 17.2 Å². The molecule has 0 aromatic heterocycles. The second kappa shape index (κ2) is 22.7. The van der Waals surface area contributed by atoms with Crippen LogP contribution in [0.2, 0.25) is 0 Å². The van der Waals surface area contributed by atoms with Gasteiger partial charge < -0.3 is 19.7 Å². The Balaban J connectivity index is 2.45. The standard InChI is InChI=1S/C56H86N2O4/c1-16-19-21-23-25-27-31-61-50-44(52(4,5)6)34-42(35-45(50)53(7,8)9)56(60,49(18-3)58-39-41-33-40(38-57)29-30-48(41)59)43-36-46(54(10,11)12)51(47(37-43)55(13,14)15)62-32-28-26-24-22-20-17-2/h29-30,33-37,39,49,59-60H,16-28,31-32H2,1-15H3. The van der Waals surface area contributed by atoms with Crippen LogP contribution in [0.4, 0.5) is 0 Å². The summed E-state index contributed by atoms with van der Waals surface area (Å²) in [5.41, 5.74) is 3.65. The smallest absolute Gasteiger partial charge is 0.137 e. The van der Waals surface area contributed by atoms with Gasteiger partial charge in [0.15, 0.2) is 0 Å². The van der Waals surface area contributed by atoms with E-state index < -0.39 is 11.6 Å². The summed E-state index contributed by atoms with van der Waals surface area (Å²) in [5, 5.41) is 34.7. The fraction of sp³-hybridized carbons (Fsp3) is 0.643. The number of unbranched alkanes of at least 4 members (excludes halogenated alkanes) is 10. The minimum Gasteiger partial charge on any atom is -0.507 e. The highest BCUT2D eigenvalue weighted by Crippen LogP contribution is 2.49. The fourth-order valence-electron chi connectivity index (χ4n) is 8.31. The van der Waals surface area contributed by atoms with E-state index in [1.165, 1.54) is 57.4 Å². The number of rotatable bonds is 22. The van der Waals surface area contributed by atoms with Gasteiger partial charge in [0.05, 0.1) is 30.9 Å². The van der Waals surface area contributed by atoms with Gasteiger partial charge in [0.2, 0.25) is 0 Å². The van der Waals surface area contributed by atoms with E-state index in [9.17, 15) is 15.5 Å². The number of hydrogen-bond donors (Lipinski definition) is 2. The zero-order chi connectivity index (χ0) is 46.5. The molecule has 0 heterocycles. The zero-order valence-corrected chi connectivity index (χ0v) is 41.9. The van der Waals surface area contributed by atoms with Crippen LogP contribution in [0.3, 0.4) is 0 Å². The van der Waals surface area contributed by atoms with Gasteiger partial charge in [-0.25, -0.2) is 0 Å². The quantitative estimate of drug-likeness (QED) is 0.0775. The molecule has 0 spiro atoms. The average molecular weight is 851 g/mol. The summed E-state index contributed by atoms with van der Waals surface area (Å²) in [6.07, 6.45) is 16.3. The van der Waals surface area contributed by atoms with Crippen molar-refractivity contribution in [3.05, 3.63) is 87.0 Å². The molecule has 0 aliphatic rings. The minimum atomic E-state index is -1.64. The highest BCUT2D eigenvalue weighted by Gasteiger charge is 2.44. The van der Waals surface area contributed by atoms with E-state index in [4.69, 9.17) is 14.5 Å². The largest absolute Gasteiger partial charge is 0.507 e. The maximum atomic E-state index is 14.1. The van der Waals surface area contributed by atoms with E-state index in [0.29, 0.717) is 30.8 Å². The van der Waals surface area contributed by atoms with Crippen molar-refractivity contribution in [1.82, 2.24) is 0 Å². The molecule has 0 saturated heterocycles. The molecule has 0 amide bonds. The molecule has 0 saturated carbocycles. The first-order valence-electron chi connectivity index (χ1n) is 24.1. The Kier molecular flexibility index (Phi) is 19.2. The molecular formula is C56H86N2O4. The van der Waals surface area contributed by atoms with Crippen molar-refractivity contribution < 1.29 is 19.7 Å². The molecule has 1 atom stereocenters. The number of hydrogen-bond acceptors (Lipinski definition) is 6. The maximum Gasteiger partial charge on any atom is 0.137 e. The SMILES string of the molecule is CCCCCCCCOc1c(C(C)(C)C)cc(C(O)(c2cc(C(C)(C)C)c(OCCCCCCCC)c(C(C)(C)C)c2)C(CC)N=Cc2cc(C#N)ccc2O)cc1C(C)(C)C. The summed E-state index contributed by atoms with van der Waals surface area (Å²) in [6, 6.07) is 15.0. The number of phenolic OH excluding ortho intramolecular Hbond substituents is 1. The number of aliphatic imine (C=N–C) groups is 1. The van der Waals surface area contributed by atoms with Gasteiger partial charge in [0.25, 0.3) is 0 Å². The van der Waals surface area contributed by atoms with Crippen molar-refractivity contribution in [2.75, 3.05) is 13.2 Å². The third-order valence-electron chi connectivity index (χ3n) is 12.2. The zero-order valence-electron chi connectivity index (χ0n) is 41.9. The lowest BCUT2D eigenvalue weighted by atomic mass is 9.70. The molecule has 0 aliphatic carbocycles. The third-order valence-corrected chi connectivity index (χ3v) is 12.2. The Bertz CT molecular complexity index is 1770. The molecule has 3 aromatic rings. The van der Waals surface area contributed by atoms with Gasteiger partial charge in [0.1, 0.15) is 22.8 Å². The number of ether oxygens (including phenoxy) is 2. The van der Waals surface area contributed by atoms with E-state index in [-0.39, 0.29) is 27.4 Å². The average Bonchev–Trinajstić information content (AvgIpc) is 3.19. The summed E-state index contributed by atoms with van der Waals surface area (Å²) in [7, 11) is 0. The molecule has 2 N–H and O–H groups in total. The fourth-order valence-corrected chi connectivity index (χ4v) is 8.31. The lowest BCUT2D eigenvalue weighted by molar-refractivity contribution is 0.0507. The molecule has 0 radical (unpaired) electrons. The summed E-state index contributed by atoms with van der Waals surface area (Å²) in [4.78, 5) is 5.16. The predicted octanol–water partition coefficient (Wildman–Crippen LogP) is 15.1. The summed E-state index contributed by atoms with van der Waals surface area (Å²) in [5.74, 6) is 1.84. The van der Waals surface area contributed by atoms with Crippen molar-refractivity contribution in [1.29, 1.82) is 5.26 Å². The van der Waals surface area contributed by atoms with Crippen LogP contribution in [-0.2, 0) is 27.3 Å². The van der Waals surface area contributed by atoms with Gasteiger partial charge in [-0.3, -0.25) is 4.99 Å². The molecule has 1 unspecified atom stereocenters. The van der Waals surface area contributed by atoms with E-state index >= 15 is 0 Å². The van der Waals surface area contributed by atoms with Gasteiger partial charge in [0, 0.05) is 34.0 Å². The number of aromatic hydroxyl groups is 1. The van der Waals surface area contributed by atoms with Crippen molar-refractivity contribution in [2.24, 2.45) is 4.99 Å². The topological polar surface area (TPSA) is 95.1 Å². The molecule has 6 heteroatoms. The number of aliphatic hydroxyl groups is 1. The van der Waals surface area contributed by atoms with Gasteiger partial charge in [-0.1, -0.05) is 168 Å². The summed E-state index contributed by atoms with van der Waals surface area (Å²) in [6.45, 7) is 34.5.